The molecule has 0 atom stereocenters. The number of rotatable bonds is 2. The molecule has 1 aliphatic rings. The van der Waals surface area contributed by atoms with Crippen molar-refractivity contribution < 1.29 is 0 Å². The summed E-state index contributed by atoms with van der Waals surface area (Å²) in [6.45, 7) is 8.95. The molecule has 0 bridgehead atoms. The largest absolute Gasteiger partial charge is 0.362 e. The van der Waals surface area contributed by atoms with Gasteiger partial charge in [-0.15, -0.1) is 0 Å². The van der Waals surface area contributed by atoms with E-state index >= 15 is 0 Å². The quantitative estimate of drug-likeness (QED) is 0.617. The Labute approximate surface area is 75.7 Å². The molecule has 1 heterocycles. The maximum Gasteiger partial charge on any atom is 0.0987 e. The summed E-state index contributed by atoms with van der Waals surface area (Å²) in [6, 6.07) is 0. The van der Waals surface area contributed by atoms with Crippen LogP contribution in [0.1, 0.15) is 33.6 Å². The number of likely N-dealkylation sites (N-methyl/N-ethyl adjacent to an activating group) is 1. The van der Waals surface area contributed by atoms with Crippen LogP contribution < -0.4 is 0 Å². The zero-order valence-corrected chi connectivity index (χ0v) is 8.72. The monoisotopic (exact) mass is 168 g/mol. The molecule has 2 nitrogen and oxygen atoms in total. The van der Waals surface area contributed by atoms with Gasteiger partial charge in [0.15, 0.2) is 0 Å². The molecule has 0 radical (unpaired) electrons. The molecule has 70 valence electrons. The van der Waals surface area contributed by atoms with Crippen molar-refractivity contribution in [2.45, 2.75) is 33.6 Å². The molecule has 0 amide bonds. The molecule has 0 fully saturated rings. The molecule has 2 heteroatoms. The third kappa shape index (κ3) is 2.84. The van der Waals surface area contributed by atoms with Gasteiger partial charge in [-0.2, -0.15) is 0 Å². The van der Waals surface area contributed by atoms with Crippen LogP contribution in [-0.4, -0.2) is 30.9 Å². The predicted octanol–water partition coefficient (Wildman–Crippen LogP) is 2.16. The summed E-state index contributed by atoms with van der Waals surface area (Å²) < 4.78 is 0. The van der Waals surface area contributed by atoms with Crippen molar-refractivity contribution in [2.75, 3.05) is 20.1 Å². The first-order valence-corrected chi connectivity index (χ1v) is 4.73. The van der Waals surface area contributed by atoms with Crippen LogP contribution in [0.25, 0.3) is 0 Å². The van der Waals surface area contributed by atoms with Gasteiger partial charge >= 0.3 is 0 Å². The lowest BCUT2D eigenvalue weighted by Gasteiger charge is -2.20. The lowest BCUT2D eigenvalue weighted by atomic mass is 9.90. The summed E-state index contributed by atoms with van der Waals surface area (Å²) in [5.74, 6) is 1.30. The van der Waals surface area contributed by atoms with Gasteiger partial charge in [0.1, 0.15) is 0 Å². The fourth-order valence-electron chi connectivity index (χ4n) is 1.34. The van der Waals surface area contributed by atoms with E-state index in [1.165, 1.54) is 12.3 Å². The Balaban J connectivity index is 2.32. The van der Waals surface area contributed by atoms with E-state index in [1.807, 2.05) is 0 Å². The predicted molar refractivity (Wildman–Crippen MR) is 53.6 cm³/mol. The van der Waals surface area contributed by atoms with E-state index in [-0.39, 0.29) is 0 Å². The van der Waals surface area contributed by atoms with Crippen LogP contribution in [0.3, 0.4) is 0 Å². The third-order valence-electron chi connectivity index (χ3n) is 2.27. The average molecular weight is 168 g/mol. The lowest BCUT2D eigenvalue weighted by Crippen LogP contribution is -2.23. The number of hydrogen-bond acceptors (Lipinski definition) is 2. The molecule has 0 aromatic heterocycles. The minimum absolute atomic E-state index is 0.436. The van der Waals surface area contributed by atoms with E-state index in [0.29, 0.717) is 5.41 Å². The standard InChI is InChI=1S/C10H20N2/c1-10(2,3)6-5-9-11-7-8-12(9)4/h5-8H2,1-4H3. The van der Waals surface area contributed by atoms with Gasteiger partial charge in [0, 0.05) is 20.0 Å². The Bertz CT molecular complexity index is 177. The Morgan fingerprint density at radius 3 is 2.50 bits per heavy atom. The van der Waals surface area contributed by atoms with E-state index in [0.717, 1.165) is 19.5 Å². The van der Waals surface area contributed by atoms with Gasteiger partial charge in [-0.05, 0) is 11.8 Å². The van der Waals surface area contributed by atoms with Crippen LogP contribution in [0.2, 0.25) is 0 Å². The number of amidine groups is 1. The zero-order chi connectivity index (χ0) is 9.19. The Hall–Kier alpha value is -0.530. The highest BCUT2D eigenvalue weighted by molar-refractivity contribution is 5.83. The van der Waals surface area contributed by atoms with Gasteiger partial charge in [-0.3, -0.25) is 4.99 Å². The highest BCUT2D eigenvalue weighted by Crippen LogP contribution is 2.21. The van der Waals surface area contributed by atoms with E-state index in [4.69, 9.17) is 0 Å². The first-order valence-electron chi connectivity index (χ1n) is 4.73. The van der Waals surface area contributed by atoms with Crippen molar-refractivity contribution in [3.8, 4) is 0 Å². The van der Waals surface area contributed by atoms with Crippen LogP contribution in [-0.2, 0) is 0 Å². The van der Waals surface area contributed by atoms with Crippen molar-refractivity contribution in [1.82, 2.24) is 4.90 Å². The summed E-state index contributed by atoms with van der Waals surface area (Å²) in [5, 5.41) is 0. The van der Waals surface area contributed by atoms with Crippen LogP contribution in [0.15, 0.2) is 4.99 Å². The van der Waals surface area contributed by atoms with Gasteiger partial charge in [-0.1, -0.05) is 20.8 Å². The molecule has 0 saturated heterocycles. The van der Waals surface area contributed by atoms with Crippen molar-refractivity contribution in [2.24, 2.45) is 10.4 Å². The molecule has 1 rings (SSSR count). The smallest absolute Gasteiger partial charge is 0.0987 e. The molecule has 0 aromatic rings. The summed E-state index contributed by atoms with van der Waals surface area (Å²) in [7, 11) is 2.13. The normalized spacial score (nSPS) is 18.3. The number of nitrogens with zero attached hydrogens (tertiary/aromatic N) is 2. The van der Waals surface area contributed by atoms with Gasteiger partial charge < -0.3 is 4.90 Å². The van der Waals surface area contributed by atoms with Crippen LogP contribution >= 0.6 is 0 Å². The summed E-state index contributed by atoms with van der Waals surface area (Å²) >= 11 is 0. The Morgan fingerprint density at radius 2 is 2.08 bits per heavy atom. The SMILES string of the molecule is CN1CCN=C1CCC(C)(C)C. The highest BCUT2D eigenvalue weighted by atomic mass is 15.2. The highest BCUT2D eigenvalue weighted by Gasteiger charge is 2.16. The zero-order valence-electron chi connectivity index (χ0n) is 8.72. The summed E-state index contributed by atoms with van der Waals surface area (Å²) in [4.78, 5) is 6.73. The van der Waals surface area contributed by atoms with Crippen LogP contribution in [0.5, 0.6) is 0 Å². The fraction of sp³-hybridized carbons (Fsp3) is 0.900. The molecule has 0 aliphatic carbocycles. The topological polar surface area (TPSA) is 15.6 Å². The van der Waals surface area contributed by atoms with Gasteiger partial charge in [-0.25, -0.2) is 0 Å². The molecule has 0 unspecified atom stereocenters. The maximum absolute atomic E-state index is 4.46. The van der Waals surface area contributed by atoms with E-state index < -0.39 is 0 Å². The maximum atomic E-state index is 4.46. The molecular weight excluding hydrogens is 148 g/mol. The minimum atomic E-state index is 0.436. The molecule has 0 spiro atoms. The second kappa shape index (κ2) is 3.46. The Kier molecular flexibility index (Phi) is 2.76. The van der Waals surface area contributed by atoms with E-state index in [1.54, 1.807) is 0 Å². The van der Waals surface area contributed by atoms with Gasteiger partial charge in [0.2, 0.25) is 0 Å². The Morgan fingerprint density at radius 1 is 1.42 bits per heavy atom. The third-order valence-corrected chi connectivity index (χ3v) is 2.27. The molecule has 1 aliphatic heterocycles. The van der Waals surface area contributed by atoms with Crippen LogP contribution in [0, 0.1) is 5.41 Å². The van der Waals surface area contributed by atoms with Crippen LogP contribution in [0.4, 0.5) is 0 Å². The first kappa shape index (κ1) is 9.56. The summed E-state index contributed by atoms with van der Waals surface area (Å²) in [6.07, 6.45) is 2.37. The molecular formula is C10H20N2. The van der Waals surface area contributed by atoms with Gasteiger partial charge in [0.25, 0.3) is 0 Å². The molecule has 0 N–H and O–H groups in total. The average Bonchev–Trinajstić information content (AvgIpc) is 2.29. The molecule has 12 heavy (non-hydrogen) atoms. The van der Waals surface area contributed by atoms with E-state index in [2.05, 4.69) is 37.7 Å². The number of hydrogen-bond donors (Lipinski definition) is 0. The van der Waals surface area contributed by atoms with Crippen molar-refractivity contribution in [3.05, 3.63) is 0 Å². The fourth-order valence-corrected chi connectivity index (χ4v) is 1.34. The van der Waals surface area contributed by atoms with E-state index in [9.17, 15) is 0 Å². The molecule has 0 aromatic carbocycles. The minimum Gasteiger partial charge on any atom is -0.362 e. The van der Waals surface area contributed by atoms with Gasteiger partial charge in [0.05, 0.1) is 12.4 Å². The summed E-state index contributed by atoms with van der Waals surface area (Å²) in [5.41, 5.74) is 0.436. The second-order valence-corrected chi connectivity index (χ2v) is 4.78. The van der Waals surface area contributed by atoms with Crippen molar-refractivity contribution >= 4 is 5.84 Å². The lowest BCUT2D eigenvalue weighted by molar-refractivity contribution is 0.379. The molecule has 0 saturated carbocycles. The number of aliphatic imine (C=N–C) groups is 1. The van der Waals surface area contributed by atoms with Crippen molar-refractivity contribution in [3.63, 3.8) is 0 Å². The van der Waals surface area contributed by atoms with Crippen molar-refractivity contribution in [1.29, 1.82) is 0 Å². The second-order valence-electron chi connectivity index (χ2n) is 4.78. The first-order chi connectivity index (χ1) is 5.49.